The van der Waals surface area contributed by atoms with Gasteiger partial charge in [0.05, 0.1) is 24.6 Å². The number of likely N-dealkylation sites (N-methyl/N-ethyl adjacent to an activating group) is 1. The summed E-state index contributed by atoms with van der Waals surface area (Å²) in [5.74, 6) is 1.33. The normalized spacial score (nSPS) is 11.9. The number of nitrogens with one attached hydrogen (secondary N) is 3. The minimum absolute atomic E-state index is 0.0456. The maximum atomic E-state index is 12.3. The number of para-hydroxylation sites is 1. The lowest BCUT2D eigenvalue weighted by Crippen LogP contribution is -3.11. The molecule has 0 aliphatic heterocycles. The number of aromatic amines is 1. The Bertz CT molecular complexity index is 998. The Hall–Kier alpha value is -3.19. The molecule has 0 saturated carbocycles. The molecule has 3 rings (SSSR count). The number of hydrogen-bond acceptors (Lipinski definition) is 4. The highest BCUT2D eigenvalue weighted by atomic mass is 16.5. The van der Waals surface area contributed by atoms with Crippen molar-refractivity contribution in [3.05, 3.63) is 70.3 Å². The van der Waals surface area contributed by atoms with Crippen molar-refractivity contribution in [2.75, 3.05) is 20.2 Å². The van der Waals surface area contributed by atoms with Gasteiger partial charge >= 0.3 is 0 Å². The SMILES string of the molecule is CC[NH+](CC(=O)NCc1ccc(OC)cc1)Cc1nc2ccccc2c(=O)[nH]1. The molecular formula is C21H25N4O3+. The predicted molar refractivity (Wildman–Crippen MR) is 107 cm³/mol. The van der Waals surface area contributed by atoms with Crippen LogP contribution in [-0.4, -0.2) is 36.1 Å². The van der Waals surface area contributed by atoms with Crippen molar-refractivity contribution < 1.29 is 14.4 Å². The molecule has 7 heteroatoms. The fourth-order valence-electron chi connectivity index (χ4n) is 3.00. The van der Waals surface area contributed by atoms with Crippen LogP contribution in [-0.2, 0) is 17.9 Å². The summed E-state index contributed by atoms with van der Waals surface area (Å²) >= 11 is 0. The first-order valence-electron chi connectivity index (χ1n) is 9.30. The number of benzene rings is 2. The molecule has 28 heavy (non-hydrogen) atoms. The number of H-pyrrole nitrogens is 1. The monoisotopic (exact) mass is 381 g/mol. The highest BCUT2D eigenvalue weighted by Crippen LogP contribution is 2.10. The maximum Gasteiger partial charge on any atom is 0.275 e. The molecule has 1 heterocycles. The first-order valence-corrected chi connectivity index (χ1v) is 9.30. The van der Waals surface area contributed by atoms with Crippen molar-refractivity contribution >= 4 is 16.8 Å². The smallest absolute Gasteiger partial charge is 0.275 e. The van der Waals surface area contributed by atoms with E-state index in [1.165, 1.54) is 0 Å². The van der Waals surface area contributed by atoms with Gasteiger partial charge in [-0.15, -0.1) is 0 Å². The average Bonchev–Trinajstić information content (AvgIpc) is 2.72. The highest BCUT2D eigenvalue weighted by Gasteiger charge is 2.15. The summed E-state index contributed by atoms with van der Waals surface area (Å²) in [4.78, 5) is 32.9. The van der Waals surface area contributed by atoms with Gasteiger partial charge in [0.15, 0.2) is 12.4 Å². The number of fused-ring (bicyclic) bond motifs is 1. The van der Waals surface area contributed by atoms with Gasteiger partial charge in [0, 0.05) is 6.54 Å². The molecule has 0 radical (unpaired) electrons. The van der Waals surface area contributed by atoms with Crippen LogP contribution in [0, 0.1) is 0 Å². The number of carbonyl (C=O) groups is 1. The van der Waals surface area contributed by atoms with E-state index in [2.05, 4.69) is 15.3 Å². The number of ether oxygens (including phenoxy) is 1. The molecule has 0 spiro atoms. The van der Waals surface area contributed by atoms with Crippen molar-refractivity contribution in [2.45, 2.75) is 20.0 Å². The van der Waals surface area contributed by atoms with E-state index in [0.717, 1.165) is 22.8 Å². The van der Waals surface area contributed by atoms with E-state index in [1.807, 2.05) is 49.4 Å². The third kappa shape index (κ3) is 4.95. The Morgan fingerprint density at radius 1 is 1.18 bits per heavy atom. The summed E-state index contributed by atoms with van der Waals surface area (Å²) in [5, 5.41) is 3.51. The minimum atomic E-state index is -0.153. The predicted octanol–water partition coefficient (Wildman–Crippen LogP) is 0.653. The van der Waals surface area contributed by atoms with E-state index >= 15 is 0 Å². The molecule has 0 aliphatic rings. The van der Waals surface area contributed by atoms with Crippen molar-refractivity contribution in [3.8, 4) is 5.75 Å². The number of carbonyl (C=O) groups excluding carboxylic acids is 1. The Labute approximate surface area is 163 Å². The third-order valence-electron chi connectivity index (χ3n) is 4.64. The zero-order valence-corrected chi connectivity index (χ0v) is 16.1. The standard InChI is InChI=1S/C21H24N4O3/c1-3-25(13-19-23-18-7-5-4-6-17(18)21(27)24-19)14-20(26)22-12-15-8-10-16(28-2)11-9-15/h4-11H,3,12-14H2,1-2H3,(H,22,26)(H,23,24,27)/p+1. The molecule has 1 unspecified atom stereocenters. The molecule has 7 nitrogen and oxygen atoms in total. The summed E-state index contributed by atoms with van der Waals surface area (Å²) in [6.07, 6.45) is 0. The summed E-state index contributed by atoms with van der Waals surface area (Å²) in [6.45, 7) is 4.00. The third-order valence-corrected chi connectivity index (χ3v) is 4.64. The summed E-state index contributed by atoms with van der Waals surface area (Å²) in [6, 6.07) is 14.8. The molecule has 0 bridgehead atoms. The second-order valence-electron chi connectivity index (χ2n) is 6.61. The van der Waals surface area contributed by atoms with Crippen LogP contribution in [0.2, 0.25) is 0 Å². The molecule has 1 aromatic heterocycles. The zero-order valence-electron chi connectivity index (χ0n) is 16.1. The van der Waals surface area contributed by atoms with Crippen LogP contribution in [0.4, 0.5) is 0 Å². The molecule has 3 N–H and O–H groups in total. The van der Waals surface area contributed by atoms with Crippen LogP contribution in [0.1, 0.15) is 18.3 Å². The first kappa shape index (κ1) is 19.6. The van der Waals surface area contributed by atoms with E-state index in [-0.39, 0.29) is 11.5 Å². The van der Waals surface area contributed by atoms with Gasteiger partial charge in [0.1, 0.15) is 12.3 Å². The molecular weight excluding hydrogens is 356 g/mol. The Morgan fingerprint density at radius 2 is 1.93 bits per heavy atom. The molecule has 1 atom stereocenters. The van der Waals surface area contributed by atoms with E-state index in [4.69, 9.17) is 4.74 Å². The fourth-order valence-corrected chi connectivity index (χ4v) is 3.00. The summed E-state index contributed by atoms with van der Waals surface area (Å²) in [7, 11) is 1.62. The van der Waals surface area contributed by atoms with Crippen molar-refractivity contribution in [3.63, 3.8) is 0 Å². The lowest BCUT2D eigenvalue weighted by atomic mass is 10.2. The van der Waals surface area contributed by atoms with E-state index in [9.17, 15) is 9.59 Å². The zero-order chi connectivity index (χ0) is 19.9. The van der Waals surface area contributed by atoms with Gasteiger partial charge in [-0.05, 0) is 36.8 Å². The van der Waals surface area contributed by atoms with Crippen LogP contribution in [0.25, 0.3) is 10.9 Å². The first-order chi connectivity index (χ1) is 13.6. The molecule has 0 fully saturated rings. The molecule has 2 aromatic carbocycles. The Morgan fingerprint density at radius 3 is 2.64 bits per heavy atom. The molecule has 1 amide bonds. The fraction of sp³-hybridized carbons (Fsp3) is 0.286. The summed E-state index contributed by atoms with van der Waals surface area (Å²) < 4.78 is 5.13. The lowest BCUT2D eigenvalue weighted by molar-refractivity contribution is -0.904. The van der Waals surface area contributed by atoms with Crippen molar-refractivity contribution in [2.24, 2.45) is 0 Å². The second kappa shape index (κ2) is 9.14. The van der Waals surface area contributed by atoms with Gasteiger partial charge in [-0.25, -0.2) is 4.98 Å². The van der Waals surface area contributed by atoms with Crippen molar-refractivity contribution in [1.29, 1.82) is 0 Å². The molecule has 146 valence electrons. The molecule has 0 aliphatic carbocycles. The quantitative estimate of drug-likeness (QED) is 0.535. The average molecular weight is 381 g/mol. The maximum absolute atomic E-state index is 12.3. The number of aromatic nitrogens is 2. The summed E-state index contributed by atoms with van der Waals surface area (Å²) in [5.41, 5.74) is 1.52. The van der Waals surface area contributed by atoms with E-state index in [1.54, 1.807) is 13.2 Å². The van der Waals surface area contributed by atoms with Crippen LogP contribution in [0.3, 0.4) is 0 Å². The molecule has 3 aromatic rings. The largest absolute Gasteiger partial charge is 0.497 e. The van der Waals surface area contributed by atoms with Crippen LogP contribution in [0.5, 0.6) is 5.75 Å². The van der Waals surface area contributed by atoms with Gasteiger partial charge in [-0.1, -0.05) is 24.3 Å². The van der Waals surface area contributed by atoms with Gasteiger partial charge in [-0.2, -0.15) is 0 Å². The van der Waals surface area contributed by atoms with Gasteiger partial charge in [-0.3, -0.25) is 9.59 Å². The van der Waals surface area contributed by atoms with Crippen LogP contribution < -0.4 is 20.5 Å². The Kier molecular flexibility index (Phi) is 6.39. The van der Waals surface area contributed by atoms with E-state index < -0.39 is 0 Å². The minimum Gasteiger partial charge on any atom is -0.497 e. The highest BCUT2D eigenvalue weighted by molar-refractivity contribution is 5.77. The lowest BCUT2D eigenvalue weighted by Gasteiger charge is -2.17. The number of rotatable bonds is 8. The number of amides is 1. The van der Waals surface area contributed by atoms with Crippen LogP contribution >= 0.6 is 0 Å². The second-order valence-corrected chi connectivity index (χ2v) is 6.61. The van der Waals surface area contributed by atoms with Gasteiger partial charge in [0.25, 0.3) is 11.5 Å². The number of hydrogen-bond donors (Lipinski definition) is 3. The molecule has 0 saturated heterocycles. The van der Waals surface area contributed by atoms with Gasteiger partial charge < -0.3 is 19.9 Å². The number of methoxy groups -OCH3 is 1. The topological polar surface area (TPSA) is 88.5 Å². The van der Waals surface area contributed by atoms with E-state index in [0.29, 0.717) is 36.4 Å². The van der Waals surface area contributed by atoms with Crippen molar-refractivity contribution in [1.82, 2.24) is 15.3 Å². The Balaban J connectivity index is 1.59. The van der Waals surface area contributed by atoms with Crippen LogP contribution in [0.15, 0.2) is 53.3 Å². The van der Waals surface area contributed by atoms with Gasteiger partial charge in [0.2, 0.25) is 0 Å². The number of quaternary nitrogens is 1. The number of nitrogens with zero attached hydrogens (tertiary/aromatic N) is 1.